The zero-order valence-electron chi connectivity index (χ0n) is 19.9. The summed E-state index contributed by atoms with van der Waals surface area (Å²) in [7, 11) is 0. The van der Waals surface area contributed by atoms with E-state index in [2.05, 4.69) is 64.1 Å². The summed E-state index contributed by atoms with van der Waals surface area (Å²) in [5.74, 6) is 1.44. The standard InChI is InChI=1S/C28H34O3S/c1-6-22-14-19(4)15-23(7-2)27(22)28-25(30)16-21(17-26(28)31-20(5)29)12-13-32-24-10-8-18(3)9-11-24/h8-11,14-15,21H,6-7,12-13,16-17H2,1-5H3. The predicted molar refractivity (Wildman–Crippen MR) is 133 cm³/mol. The van der Waals surface area contributed by atoms with Crippen LogP contribution in [0.5, 0.6) is 0 Å². The third kappa shape index (κ3) is 5.92. The summed E-state index contributed by atoms with van der Waals surface area (Å²) in [6, 6.07) is 12.8. The first-order chi connectivity index (χ1) is 15.3. The van der Waals surface area contributed by atoms with E-state index in [0.29, 0.717) is 24.2 Å². The fourth-order valence-corrected chi connectivity index (χ4v) is 5.52. The Hall–Kier alpha value is -2.33. The quantitative estimate of drug-likeness (QED) is 0.325. The molecule has 0 radical (unpaired) electrons. The maximum absolute atomic E-state index is 13.4. The Morgan fingerprint density at radius 1 is 1.00 bits per heavy atom. The smallest absolute Gasteiger partial charge is 0.307 e. The lowest BCUT2D eigenvalue weighted by molar-refractivity contribution is -0.137. The van der Waals surface area contributed by atoms with Crippen LogP contribution in [0.2, 0.25) is 0 Å². The van der Waals surface area contributed by atoms with Crippen LogP contribution < -0.4 is 0 Å². The van der Waals surface area contributed by atoms with E-state index in [0.717, 1.165) is 41.7 Å². The first-order valence-corrected chi connectivity index (χ1v) is 12.6. The van der Waals surface area contributed by atoms with Gasteiger partial charge in [0.2, 0.25) is 0 Å². The van der Waals surface area contributed by atoms with Gasteiger partial charge in [0.15, 0.2) is 5.78 Å². The van der Waals surface area contributed by atoms with Crippen molar-refractivity contribution in [3.05, 3.63) is 70.0 Å². The van der Waals surface area contributed by atoms with E-state index in [1.807, 2.05) is 11.8 Å². The number of benzene rings is 2. The molecule has 3 rings (SSSR count). The highest BCUT2D eigenvalue weighted by Gasteiger charge is 2.32. The third-order valence-electron chi connectivity index (χ3n) is 6.05. The van der Waals surface area contributed by atoms with Crippen molar-refractivity contribution in [3.63, 3.8) is 0 Å². The van der Waals surface area contributed by atoms with Crippen LogP contribution in [0.4, 0.5) is 0 Å². The second kappa shape index (κ2) is 11.0. The average Bonchev–Trinajstić information content (AvgIpc) is 2.74. The minimum atomic E-state index is -0.358. The van der Waals surface area contributed by atoms with Gasteiger partial charge in [-0.25, -0.2) is 0 Å². The molecule has 0 fully saturated rings. The summed E-state index contributed by atoms with van der Waals surface area (Å²) >= 11 is 1.81. The van der Waals surface area contributed by atoms with Gasteiger partial charge in [0.25, 0.3) is 0 Å². The number of ketones is 1. The molecule has 1 aliphatic carbocycles. The molecule has 0 aromatic heterocycles. The molecule has 1 atom stereocenters. The van der Waals surface area contributed by atoms with Gasteiger partial charge in [-0.15, -0.1) is 11.8 Å². The zero-order chi connectivity index (χ0) is 23.3. The molecule has 1 unspecified atom stereocenters. The summed E-state index contributed by atoms with van der Waals surface area (Å²) in [6.07, 6.45) is 3.73. The van der Waals surface area contributed by atoms with Crippen molar-refractivity contribution in [2.75, 3.05) is 5.75 Å². The van der Waals surface area contributed by atoms with Crippen molar-refractivity contribution in [1.82, 2.24) is 0 Å². The molecule has 3 nitrogen and oxygen atoms in total. The third-order valence-corrected chi connectivity index (χ3v) is 7.09. The molecule has 0 amide bonds. The first kappa shape index (κ1) is 24.3. The van der Waals surface area contributed by atoms with Gasteiger partial charge in [-0.1, -0.05) is 49.2 Å². The van der Waals surface area contributed by atoms with Crippen LogP contribution in [0.3, 0.4) is 0 Å². The Labute approximate surface area is 196 Å². The van der Waals surface area contributed by atoms with Crippen molar-refractivity contribution >= 4 is 29.1 Å². The molecule has 2 aromatic carbocycles. The van der Waals surface area contributed by atoms with Crippen LogP contribution in [0.15, 0.2) is 47.1 Å². The molecular weight excluding hydrogens is 416 g/mol. The Morgan fingerprint density at radius 3 is 2.19 bits per heavy atom. The number of ether oxygens (including phenoxy) is 1. The van der Waals surface area contributed by atoms with Gasteiger partial charge < -0.3 is 4.74 Å². The molecule has 0 aliphatic heterocycles. The number of thioether (sulfide) groups is 1. The normalized spacial score (nSPS) is 16.4. The summed E-state index contributed by atoms with van der Waals surface area (Å²) in [4.78, 5) is 26.6. The van der Waals surface area contributed by atoms with E-state index in [1.54, 1.807) is 0 Å². The summed E-state index contributed by atoms with van der Waals surface area (Å²) < 4.78 is 5.68. The molecule has 0 bridgehead atoms. The largest absolute Gasteiger partial charge is 0.430 e. The van der Waals surface area contributed by atoms with Gasteiger partial charge in [0.1, 0.15) is 5.76 Å². The summed E-state index contributed by atoms with van der Waals surface area (Å²) in [5.41, 5.74) is 6.40. The highest BCUT2D eigenvalue weighted by molar-refractivity contribution is 7.99. The van der Waals surface area contributed by atoms with Gasteiger partial charge in [-0.3, -0.25) is 9.59 Å². The number of Topliss-reactive ketones (excluding diaryl/α,β-unsaturated/α-hetero) is 1. The molecule has 0 N–H and O–H groups in total. The minimum Gasteiger partial charge on any atom is -0.430 e. The molecule has 0 saturated heterocycles. The lowest BCUT2D eigenvalue weighted by Crippen LogP contribution is -2.23. The monoisotopic (exact) mass is 450 g/mol. The van der Waals surface area contributed by atoms with Gasteiger partial charge in [-0.05, 0) is 73.6 Å². The molecule has 4 heteroatoms. The number of aryl methyl sites for hydroxylation is 4. The number of carbonyl (C=O) groups excluding carboxylic acids is 2. The van der Waals surface area contributed by atoms with Crippen LogP contribution in [-0.4, -0.2) is 17.5 Å². The molecule has 0 spiro atoms. The van der Waals surface area contributed by atoms with Crippen molar-refractivity contribution < 1.29 is 14.3 Å². The molecule has 0 saturated carbocycles. The van der Waals surface area contributed by atoms with E-state index in [4.69, 9.17) is 4.74 Å². The number of hydrogen-bond donors (Lipinski definition) is 0. The molecule has 32 heavy (non-hydrogen) atoms. The van der Waals surface area contributed by atoms with E-state index >= 15 is 0 Å². The van der Waals surface area contributed by atoms with Crippen LogP contribution in [0, 0.1) is 19.8 Å². The number of carbonyl (C=O) groups is 2. The second-order valence-corrected chi connectivity index (χ2v) is 9.87. The zero-order valence-corrected chi connectivity index (χ0v) is 20.7. The van der Waals surface area contributed by atoms with E-state index in [1.165, 1.54) is 22.9 Å². The SMILES string of the molecule is CCc1cc(C)cc(CC)c1C1=C(OC(C)=O)CC(CCSc2ccc(C)cc2)CC1=O. The van der Waals surface area contributed by atoms with Crippen LogP contribution in [0.1, 0.15) is 67.9 Å². The predicted octanol–water partition coefficient (Wildman–Crippen LogP) is 6.86. The van der Waals surface area contributed by atoms with E-state index in [9.17, 15) is 9.59 Å². The van der Waals surface area contributed by atoms with Crippen molar-refractivity contribution in [2.45, 2.75) is 71.6 Å². The molecule has 2 aromatic rings. The Balaban J connectivity index is 1.87. The lowest BCUT2D eigenvalue weighted by atomic mass is 9.79. The van der Waals surface area contributed by atoms with Crippen LogP contribution in [-0.2, 0) is 27.2 Å². The fraction of sp³-hybridized carbons (Fsp3) is 0.429. The Morgan fingerprint density at radius 2 is 1.62 bits per heavy atom. The molecular formula is C28H34O3S. The van der Waals surface area contributed by atoms with Gasteiger partial charge >= 0.3 is 5.97 Å². The average molecular weight is 451 g/mol. The molecule has 170 valence electrons. The Kier molecular flexibility index (Phi) is 8.36. The van der Waals surface area contributed by atoms with Gasteiger partial charge in [0, 0.05) is 24.7 Å². The molecule has 0 heterocycles. The number of esters is 1. The van der Waals surface area contributed by atoms with Gasteiger partial charge in [-0.2, -0.15) is 0 Å². The summed E-state index contributed by atoms with van der Waals surface area (Å²) in [5, 5.41) is 0. The van der Waals surface area contributed by atoms with Crippen molar-refractivity contribution in [1.29, 1.82) is 0 Å². The van der Waals surface area contributed by atoms with E-state index < -0.39 is 0 Å². The second-order valence-electron chi connectivity index (χ2n) is 8.70. The van der Waals surface area contributed by atoms with Gasteiger partial charge in [0.05, 0.1) is 5.57 Å². The topological polar surface area (TPSA) is 43.4 Å². The maximum Gasteiger partial charge on any atom is 0.307 e. The lowest BCUT2D eigenvalue weighted by Gasteiger charge is -2.28. The highest BCUT2D eigenvalue weighted by Crippen LogP contribution is 2.39. The Bertz CT molecular complexity index is 992. The minimum absolute atomic E-state index is 0.103. The maximum atomic E-state index is 13.4. The van der Waals surface area contributed by atoms with Crippen LogP contribution >= 0.6 is 11.8 Å². The van der Waals surface area contributed by atoms with Crippen LogP contribution in [0.25, 0.3) is 5.57 Å². The van der Waals surface area contributed by atoms with Crippen molar-refractivity contribution in [3.8, 4) is 0 Å². The van der Waals surface area contributed by atoms with E-state index in [-0.39, 0.29) is 17.7 Å². The fourth-order valence-electron chi connectivity index (χ4n) is 4.50. The number of hydrogen-bond acceptors (Lipinski definition) is 4. The highest BCUT2D eigenvalue weighted by atomic mass is 32.2. The molecule has 1 aliphatic rings. The number of rotatable bonds is 8. The first-order valence-electron chi connectivity index (χ1n) is 11.6. The van der Waals surface area contributed by atoms with Crippen molar-refractivity contribution in [2.24, 2.45) is 5.92 Å². The number of allylic oxidation sites excluding steroid dienone is 2. The summed E-state index contributed by atoms with van der Waals surface area (Å²) in [6.45, 7) is 9.82.